The van der Waals surface area contributed by atoms with E-state index in [1.54, 1.807) is 40.0 Å². The van der Waals surface area contributed by atoms with Crippen LogP contribution in [-0.2, 0) is 6.42 Å². The highest BCUT2D eigenvalue weighted by molar-refractivity contribution is 7.09. The molecule has 2 heterocycles. The van der Waals surface area contributed by atoms with Crippen molar-refractivity contribution in [2.45, 2.75) is 51.2 Å². The number of rotatable bonds is 5. The summed E-state index contributed by atoms with van der Waals surface area (Å²) in [6.07, 6.45) is 3.51. The fraction of sp³-hybridized carbons (Fsp3) is 0.476. The summed E-state index contributed by atoms with van der Waals surface area (Å²) in [6.45, 7) is 2.59. The maximum absolute atomic E-state index is 12.8. The molecule has 0 unspecified atom stereocenters. The van der Waals surface area contributed by atoms with Gasteiger partial charge in [0.2, 0.25) is 0 Å². The third-order valence-corrected chi connectivity index (χ3v) is 6.86. The summed E-state index contributed by atoms with van der Waals surface area (Å²) in [5.74, 6) is -0.0662. The van der Waals surface area contributed by atoms with Crippen LogP contribution in [0.3, 0.4) is 0 Å². The van der Waals surface area contributed by atoms with Gasteiger partial charge in [-0.2, -0.15) is 0 Å². The number of hydrogen-bond acceptors (Lipinski definition) is 5. The van der Waals surface area contributed by atoms with Gasteiger partial charge >= 0.3 is 5.69 Å². The molecule has 2 N–H and O–H groups in total. The monoisotopic (exact) mass is 414 g/mol. The lowest BCUT2D eigenvalue weighted by Crippen LogP contribution is -2.28. The third kappa shape index (κ3) is 4.00. The molecule has 0 bridgehead atoms. The van der Waals surface area contributed by atoms with Gasteiger partial charge in [0, 0.05) is 36.5 Å². The van der Waals surface area contributed by atoms with E-state index in [1.165, 1.54) is 4.88 Å². The molecule has 0 saturated heterocycles. The van der Waals surface area contributed by atoms with E-state index in [4.69, 9.17) is 0 Å². The van der Waals surface area contributed by atoms with Gasteiger partial charge in [0.05, 0.1) is 28.3 Å². The molecule has 0 atom stereocenters. The molecule has 2 aromatic heterocycles. The Morgan fingerprint density at radius 3 is 2.79 bits per heavy atom. The summed E-state index contributed by atoms with van der Waals surface area (Å²) in [6, 6.07) is 5.50. The van der Waals surface area contributed by atoms with Gasteiger partial charge in [-0.1, -0.05) is 0 Å². The largest absolute Gasteiger partial charge is 0.393 e. The number of benzene rings is 1. The third-order valence-electron chi connectivity index (χ3n) is 5.86. The fourth-order valence-electron chi connectivity index (χ4n) is 4.10. The zero-order chi connectivity index (χ0) is 20.5. The van der Waals surface area contributed by atoms with Crippen molar-refractivity contribution in [1.82, 2.24) is 19.4 Å². The number of nitrogens with one attached hydrogen (secondary N) is 1. The highest BCUT2D eigenvalue weighted by Crippen LogP contribution is 2.30. The molecule has 1 saturated carbocycles. The molecule has 4 rings (SSSR count). The summed E-state index contributed by atoms with van der Waals surface area (Å²) < 4.78 is 1.78. The van der Waals surface area contributed by atoms with Gasteiger partial charge in [-0.05, 0) is 50.8 Å². The number of imidazole rings is 1. The number of likely N-dealkylation sites (N-methyl/N-ethyl adjacent to an activating group) is 1. The fourth-order valence-corrected chi connectivity index (χ4v) is 4.87. The van der Waals surface area contributed by atoms with Crippen molar-refractivity contribution in [1.29, 1.82) is 0 Å². The highest BCUT2D eigenvalue weighted by atomic mass is 32.1. The van der Waals surface area contributed by atoms with Gasteiger partial charge in [0.15, 0.2) is 0 Å². The second-order valence-corrected chi connectivity index (χ2v) is 8.77. The van der Waals surface area contributed by atoms with Crippen molar-refractivity contribution in [2.24, 2.45) is 0 Å². The number of H-pyrrole nitrogens is 1. The van der Waals surface area contributed by atoms with E-state index in [2.05, 4.69) is 9.97 Å². The van der Waals surface area contributed by atoms with Crippen molar-refractivity contribution in [2.75, 3.05) is 13.6 Å². The van der Waals surface area contributed by atoms with Gasteiger partial charge in [0.1, 0.15) is 0 Å². The first kappa shape index (κ1) is 19.8. The maximum atomic E-state index is 12.8. The number of fused-ring (bicyclic) bond motifs is 1. The molecule has 1 fully saturated rings. The Hall–Kier alpha value is -2.45. The Kier molecular flexibility index (Phi) is 5.56. The van der Waals surface area contributed by atoms with Gasteiger partial charge in [0.25, 0.3) is 5.91 Å². The Bertz CT molecular complexity index is 1080. The number of hydrogen-bond donors (Lipinski definition) is 2. The van der Waals surface area contributed by atoms with Crippen LogP contribution in [0.15, 0.2) is 28.5 Å². The standard InChI is InChI=1S/C21H26N4O3S/c1-13-19(29-12-22-13)9-10-24(2)20(27)14-3-8-18-17(11-14)23-21(28)25(18)15-4-6-16(26)7-5-15/h3,8,11-12,15-16,26H,4-7,9-10H2,1-2H3,(H,23,28). The van der Waals surface area contributed by atoms with Crippen molar-refractivity contribution in [3.63, 3.8) is 0 Å². The summed E-state index contributed by atoms with van der Waals surface area (Å²) in [7, 11) is 1.80. The minimum Gasteiger partial charge on any atom is -0.393 e. The minimum atomic E-state index is -0.263. The molecule has 3 aromatic rings. The Labute approximate surface area is 173 Å². The first-order valence-corrected chi connectivity index (χ1v) is 10.9. The SMILES string of the molecule is Cc1ncsc1CCN(C)C(=O)c1ccc2c(c1)[nH]c(=O)n2C1CCC(O)CC1. The first-order valence-electron chi connectivity index (χ1n) is 10.0. The summed E-state index contributed by atoms with van der Waals surface area (Å²) >= 11 is 1.61. The number of aromatic nitrogens is 3. The molecule has 1 aromatic carbocycles. The van der Waals surface area contributed by atoms with Crippen molar-refractivity contribution in [3.8, 4) is 0 Å². The predicted octanol–water partition coefficient (Wildman–Crippen LogP) is 2.89. The molecular weight excluding hydrogens is 388 g/mol. The minimum absolute atomic E-state index is 0.0662. The zero-order valence-corrected chi connectivity index (χ0v) is 17.5. The molecule has 1 amide bonds. The molecule has 8 heteroatoms. The maximum Gasteiger partial charge on any atom is 0.326 e. The number of nitrogens with zero attached hydrogens (tertiary/aromatic N) is 3. The van der Waals surface area contributed by atoms with Crippen LogP contribution in [0.1, 0.15) is 52.7 Å². The number of aryl methyl sites for hydroxylation is 1. The normalized spacial score (nSPS) is 19.6. The molecule has 0 radical (unpaired) electrons. The van der Waals surface area contributed by atoms with E-state index in [0.717, 1.165) is 30.5 Å². The molecule has 7 nitrogen and oxygen atoms in total. The number of aliphatic hydroxyl groups is 1. The van der Waals surface area contributed by atoms with Gasteiger partial charge < -0.3 is 15.0 Å². The lowest BCUT2D eigenvalue weighted by atomic mass is 9.93. The molecular formula is C21H26N4O3S. The van der Waals surface area contributed by atoms with E-state index in [-0.39, 0.29) is 23.7 Å². The predicted molar refractivity (Wildman–Crippen MR) is 114 cm³/mol. The van der Waals surface area contributed by atoms with Gasteiger partial charge in [-0.3, -0.25) is 9.36 Å². The second-order valence-electron chi connectivity index (χ2n) is 7.83. The average Bonchev–Trinajstić information content (AvgIpc) is 3.27. The van der Waals surface area contributed by atoms with E-state index in [9.17, 15) is 14.7 Å². The smallest absolute Gasteiger partial charge is 0.326 e. The number of carbonyl (C=O) groups excluding carboxylic acids is 1. The Balaban J connectivity index is 1.52. The summed E-state index contributed by atoms with van der Waals surface area (Å²) in [4.78, 5) is 35.4. The lowest BCUT2D eigenvalue weighted by Gasteiger charge is -2.26. The van der Waals surface area contributed by atoms with Gasteiger partial charge in [-0.25, -0.2) is 9.78 Å². The molecule has 29 heavy (non-hydrogen) atoms. The van der Waals surface area contributed by atoms with Crippen molar-refractivity contribution < 1.29 is 9.90 Å². The average molecular weight is 415 g/mol. The zero-order valence-electron chi connectivity index (χ0n) is 16.7. The van der Waals surface area contributed by atoms with E-state index in [1.807, 2.05) is 18.5 Å². The van der Waals surface area contributed by atoms with Crippen molar-refractivity contribution in [3.05, 3.63) is 50.3 Å². The van der Waals surface area contributed by atoms with E-state index >= 15 is 0 Å². The van der Waals surface area contributed by atoms with E-state index < -0.39 is 0 Å². The van der Waals surface area contributed by atoms with Gasteiger partial charge in [-0.15, -0.1) is 11.3 Å². The van der Waals surface area contributed by atoms with E-state index in [0.29, 0.717) is 30.5 Å². The van der Waals surface area contributed by atoms with Crippen LogP contribution in [0.4, 0.5) is 0 Å². The topological polar surface area (TPSA) is 91.2 Å². The highest BCUT2D eigenvalue weighted by Gasteiger charge is 2.24. The number of aromatic amines is 1. The van der Waals surface area contributed by atoms with Crippen LogP contribution in [0.2, 0.25) is 0 Å². The van der Waals surface area contributed by atoms with Crippen LogP contribution < -0.4 is 5.69 Å². The first-order chi connectivity index (χ1) is 13.9. The van der Waals surface area contributed by atoms with Crippen LogP contribution in [0, 0.1) is 6.92 Å². The van der Waals surface area contributed by atoms with Crippen molar-refractivity contribution >= 4 is 28.3 Å². The molecule has 154 valence electrons. The molecule has 0 spiro atoms. The summed E-state index contributed by atoms with van der Waals surface area (Å²) in [5.41, 5.74) is 4.75. The molecule has 0 aliphatic heterocycles. The quantitative estimate of drug-likeness (QED) is 0.672. The Morgan fingerprint density at radius 1 is 1.34 bits per heavy atom. The number of aliphatic hydroxyl groups excluding tert-OH is 1. The van der Waals surface area contributed by atoms with Crippen LogP contribution in [-0.4, -0.2) is 50.1 Å². The summed E-state index contributed by atoms with van der Waals surface area (Å²) in [5, 5.41) is 9.74. The van der Waals surface area contributed by atoms with Crippen LogP contribution in [0.25, 0.3) is 11.0 Å². The second kappa shape index (κ2) is 8.12. The molecule has 1 aliphatic rings. The number of amides is 1. The number of thiazole rings is 1. The van der Waals surface area contributed by atoms with Crippen LogP contribution >= 0.6 is 11.3 Å². The van der Waals surface area contributed by atoms with Crippen LogP contribution in [0.5, 0.6) is 0 Å². The number of carbonyl (C=O) groups is 1. The lowest BCUT2D eigenvalue weighted by molar-refractivity contribution is 0.0797. The Morgan fingerprint density at radius 2 is 2.10 bits per heavy atom. The molecule has 1 aliphatic carbocycles.